The average molecular weight is 316 g/mol. The Kier molecular flexibility index (Phi) is 5.23. The standard InChI is InChI=1S/C14H24N2O2S2/c1-4-12(3)15-8-10-16(11-9-15)20(17,18)14-7-6-13(5-2)19-14/h6-7,12H,4-5,8-11H2,1-3H3. The predicted octanol–water partition coefficient (Wildman–Crippen LogP) is 2.42. The number of rotatable bonds is 5. The molecule has 1 atom stereocenters. The van der Waals surface area contributed by atoms with E-state index in [1.807, 2.05) is 13.0 Å². The zero-order chi connectivity index (χ0) is 14.8. The molecule has 4 nitrogen and oxygen atoms in total. The van der Waals surface area contributed by atoms with Crippen molar-refractivity contribution in [2.45, 2.75) is 43.9 Å². The molecule has 114 valence electrons. The van der Waals surface area contributed by atoms with Crippen molar-refractivity contribution in [3.63, 3.8) is 0 Å². The van der Waals surface area contributed by atoms with Crippen LogP contribution in [0.25, 0.3) is 0 Å². The van der Waals surface area contributed by atoms with E-state index in [0.717, 1.165) is 30.8 Å². The second-order valence-electron chi connectivity index (χ2n) is 5.27. The molecular formula is C14H24N2O2S2. The van der Waals surface area contributed by atoms with Crippen molar-refractivity contribution in [3.8, 4) is 0 Å². The number of nitrogens with zero attached hydrogens (tertiary/aromatic N) is 2. The molecule has 1 aromatic rings. The predicted molar refractivity (Wildman–Crippen MR) is 83.8 cm³/mol. The number of aryl methyl sites for hydroxylation is 1. The second-order valence-corrected chi connectivity index (χ2v) is 8.60. The second kappa shape index (κ2) is 6.56. The molecule has 0 bridgehead atoms. The number of thiophene rings is 1. The Hall–Kier alpha value is -0.430. The lowest BCUT2D eigenvalue weighted by molar-refractivity contribution is 0.143. The number of hydrogen-bond donors (Lipinski definition) is 0. The van der Waals surface area contributed by atoms with Gasteiger partial charge in [0.25, 0.3) is 10.0 Å². The molecule has 1 saturated heterocycles. The van der Waals surface area contributed by atoms with E-state index in [1.165, 1.54) is 11.3 Å². The van der Waals surface area contributed by atoms with Crippen LogP contribution in [0.3, 0.4) is 0 Å². The maximum atomic E-state index is 12.6. The highest BCUT2D eigenvalue weighted by atomic mass is 32.2. The first-order chi connectivity index (χ1) is 9.48. The molecule has 1 aliphatic heterocycles. The van der Waals surface area contributed by atoms with Gasteiger partial charge in [0.15, 0.2) is 0 Å². The van der Waals surface area contributed by atoms with E-state index in [4.69, 9.17) is 0 Å². The maximum absolute atomic E-state index is 12.6. The highest BCUT2D eigenvalue weighted by Crippen LogP contribution is 2.26. The van der Waals surface area contributed by atoms with Gasteiger partial charge >= 0.3 is 0 Å². The van der Waals surface area contributed by atoms with Gasteiger partial charge in [0.1, 0.15) is 4.21 Å². The van der Waals surface area contributed by atoms with Crippen LogP contribution in [0.4, 0.5) is 0 Å². The summed E-state index contributed by atoms with van der Waals surface area (Å²) < 4.78 is 27.3. The quantitative estimate of drug-likeness (QED) is 0.837. The third-order valence-electron chi connectivity index (χ3n) is 4.07. The fourth-order valence-corrected chi connectivity index (χ4v) is 5.33. The van der Waals surface area contributed by atoms with Crippen molar-refractivity contribution >= 4 is 21.4 Å². The minimum Gasteiger partial charge on any atom is -0.298 e. The van der Waals surface area contributed by atoms with Crippen molar-refractivity contribution in [2.24, 2.45) is 0 Å². The molecule has 0 N–H and O–H groups in total. The Labute approximate surface area is 126 Å². The SMILES string of the molecule is CCc1ccc(S(=O)(=O)N2CCN(C(C)CC)CC2)s1. The lowest BCUT2D eigenvalue weighted by Crippen LogP contribution is -2.50. The van der Waals surface area contributed by atoms with Gasteiger partial charge in [0.2, 0.25) is 0 Å². The van der Waals surface area contributed by atoms with Crippen LogP contribution in [0, 0.1) is 0 Å². The third kappa shape index (κ3) is 3.24. The van der Waals surface area contributed by atoms with E-state index < -0.39 is 10.0 Å². The van der Waals surface area contributed by atoms with Crippen molar-refractivity contribution in [1.29, 1.82) is 0 Å². The van der Waals surface area contributed by atoms with Gasteiger partial charge in [0, 0.05) is 37.1 Å². The zero-order valence-electron chi connectivity index (χ0n) is 12.5. The van der Waals surface area contributed by atoms with E-state index in [0.29, 0.717) is 23.3 Å². The molecule has 0 spiro atoms. The Balaban J connectivity index is 2.05. The maximum Gasteiger partial charge on any atom is 0.252 e. The van der Waals surface area contributed by atoms with Crippen molar-refractivity contribution < 1.29 is 8.42 Å². The smallest absolute Gasteiger partial charge is 0.252 e. The first kappa shape index (κ1) is 15.9. The summed E-state index contributed by atoms with van der Waals surface area (Å²) in [5, 5.41) is 0. The first-order valence-corrected chi connectivity index (χ1v) is 9.57. The molecule has 1 aromatic heterocycles. The fourth-order valence-electron chi connectivity index (χ4n) is 2.46. The van der Waals surface area contributed by atoms with Crippen molar-refractivity contribution in [1.82, 2.24) is 9.21 Å². The van der Waals surface area contributed by atoms with Gasteiger partial charge in [-0.1, -0.05) is 13.8 Å². The van der Waals surface area contributed by atoms with Crippen LogP contribution in [0.15, 0.2) is 16.3 Å². The Morgan fingerprint density at radius 3 is 2.35 bits per heavy atom. The van der Waals surface area contributed by atoms with Crippen LogP contribution < -0.4 is 0 Å². The normalized spacial score (nSPS) is 20.1. The molecule has 1 unspecified atom stereocenters. The number of piperazine rings is 1. The van der Waals surface area contributed by atoms with E-state index >= 15 is 0 Å². The number of sulfonamides is 1. The molecule has 2 rings (SSSR count). The average Bonchev–Trinajstić information content (AvgIpc) is 2.96. The fraction of sp³-hybridized carbons (Fsp3) is 0.714. The van der Waals surface area contributed by atoms with Gasteiger partial charge in [-0.15, -0.1) is 11.3 Å². The van der Waals surface area contributed by atoms with Crippen LogP contribution in [0.1, 0.15) is 32.1 Å². The minimum atomic E-state index is -3.28. The summed E-state index contributed by atoms with van der Waals surface area (Å²) in [6.07, 6.45) is 2.00. The van der Waals surface area contributed by atoms with Crippen LogP contribution in [-0.4, -0.2) is 49.8 Å². The summed E-state index contributed by atoms with van der Waals surface area (Å²) in [7, 11) is -3.28. The molecule has 0 saturated carbocycles. The van der Waals surface area contributed by atoms with E-state index in [-0.39, 0.29) is 0 Å². The summed E-state index contributed by atoms with van der Waals surface area (Å²) in [6.45, 7) is 9.30. The van der Waals surface area contributed by atoms with E-state index in [9.17, 15) is 8.42 Å². The third-order valence-corrected chi connectivity index (χ3v) is 7.66. The van der Waals surface area contributed by atoms with Crippen LogP contribution in [0.5, 0.6) is 0 Å². The van der Waals surface area contributed by atoms with E-state index in [1.54, 1.807) is 10.4 Å². The van der Waals surface area contributed by atoms with Crippen molar-refractivity contribution in [2.75, 3.05) is 26.2 Å². The Morgan fingerprint density at radius 1 is 1.20 bits per heavy atom. The van der Waals surface area contributed by atoms with Crippen LogP contribution in [-0.2, 0) is 16.4 Å². The highest BCUT2D eigenvalue weighted by Gasteiger charge is 2.30. The Bertz CT molecular complexity index is 531. The summed E-state index contributed by atoms with van der Waals surface area (Å²) in [5.41, 5.74) is 0. The molecule has 0 aromatic carbocycles. The zero-order valence-corrected chi connectivity index (χ0v) is 14.1. The molecule has 0 radical (unpaired) electrons. The lowest BCUT2D eigenvalue weighted by Gasteiger charge is -2.36. The van der Waals surface area contributed by atoms with Gasteiger partial charge in [-0.25, -0.2) is 8.42 Å². The molecule has 1 fully saturated rings. The van der Waals surface area contributed by atoms with Gasteiger partial charge in [-0.2, -0.15) is 4.31 Å². The van der Waals surface area contributed by atoms with Gasteiger partial charge in [0.05, 0.1) is 0 Å². The molecule has 0 amide bonds. The molecular weight excluding hydrogens is 292 g/mol. The van der Waals surface area contributed by atoms with Crippen LogP contribution in [0.2, 0.25) is 0 Å². The van der Waals surface area contributed by atoms with E-state index in [2.05, 4.69) is 18.7 Å². The van der Waals surface area contributed by atoms with Crippen molar-refractivity contribution in [3.05, 3.63) is 17.0 Å². The Morgan fingerprint density at radius 2 is 1.85 bits per heavy atom. The molecule has 6 heteroatoms. The molecule has 1 aliphatic rings. The summed E-state index contributed by atoms with van der Waals surface area (Å²) in [6, 6.07) is 4.21. The van der Waals surface area contributed by atoms with Gasteiger partial charge in [-0.05, 0) is 31.9 Å². The molecule has 20 heavy (non-hydrogen) atoms. The lowest BCUT2D eigenvalue weighted by atomic mass is 10.2. The largest absolute Gasteiger partial charge is 0.298 e. The summed E-state index contributed by atoms with van der Waals surface area (Å²) in [4.78, 5) is 3.50. The van der Waals surface area contributed by atoms with Gasteiger partial charge in [-0.3, -0.25) is 4.90 Å². The summed E-state index contributed by atoms with van der Waals surface area (Å²) in [5.74, 6) is 0. The number of hydrogen-bond acceptors (Lipinski definition) is 4. The first-order valence-electron chi connectivity index (χ1n) is 7.32. The monoisotopic (exact) mass is 316 g/mol. The van der Waals surface area contributed by atoms with Crippen LogP contribution >= 0.6 is 11.3 Å². The molecule has 0 aliphatic carbocycles. The molecule has 2 heterocycles. The van der Waals surface area contributed by atoms with Gasteiger partial charge < -0.3 is 0 Å². The minimum absolute atomic E-state index is 0.492. The highest BCUT2D eigenvalue weighted by molar-refractivity contribution is 7.91. The summed E-state index contributed by atoms with van der Waals surface area (Å²) >= 11 is 1.40. The topological polar surface area (TPSA) is 40.6 Å².